The molecular formula is C13H19NO. The molecule has 0 radical (unpaired) electrons. The van der Waals surface area contributed by atoms with Crippen molar-refractivity contribution in [3.63, 3.8) is 0 Å². The summed E-state index contributed by atoms with van der Waals surface area (Å²) < 4.78 is 5.41. The van der Waals surface area contributed by atoms with Crippen molar-refractivity contribution in [2.45, 2.75) is 19.9 Å². The van der Waals surface area contributed by atoms with Gasteiger partial charge in [0.2, 0.25) is 0 Å². The van der Waals surface area contributed by atoms with Crippen molar-refractivity contribution in [3.05, 3.63) is 42.5 Å². The van der Waals surface area contributed by atoms with E-state index in [1.165, 1.54) is 5.56 Å². The first-order chi connectivity index (χ1) is 7.27. The highest BCUT2D eigenvalue weighted by Crippen LogP contribution is 2.17. The van der Waals surface area contributed by atoms with Gasteiger partial charge in [0, 0.05) is 6.04 Å². The van der Waals surface area contributed by atoms with Gasteiger partial charge in [-0.15, -0.1) is 0 Å². The van der Waals surface area contributed by atoms with Crippen LogP contribution in [0.3, 0.4) is 0 Å². The van der Waals surface area contributed by atoms with Gasteiger partial charge in [-0.3, -0.25) is 0 Å². The van der Waals surface area contributed by atoms with E-state index in [-0.39, 0.29) is 0 Å². The summed E-state index contributed by atoms with van der Waals surface area (Å²) in [5, 5.41) is 3.37. The molecule has 15 heavy (non-hydrogen) atoms. The summed E-state index contributed by atoms with van der Waals surface area (Å²) in [4.78, 5) is 0. The highest BCUT2D eigenvalue weighted by Gasteiger charge is 2.02. The number of hydrogen-bond donors (Lipinski definition) is 1. The lowest BCUT2D eigenvalue weighted by Crippen LogP contribution is -2.17. The molecule has 0 aliphatic heterocycles. The molecule has 1 rings (SSSR count). The molecule has 1 aromatic rings. The third kappa shape index (κ3) is 3.76. The fourth-order valence-corrected chi connectivity index (χ4v) is 1.43. The first-order valence-corrected chi connectivity index (χ1v) is 5.35. The number of benzene rings is 1. The molecule has 0 heterocycles. The highest BCUT2D eigenvalue weighted by atomic mass is 16.5. The highest BCUT2D eigenvalue weighted by molar-refractivity contribution is 5.29. The summed E-state index contributed by atoms with van der Waals surface area (Å²) in [6.07, 6.45) is 1.75. The monoisotopic (exact) mass is 205 g/mol. The summed E-state index contributed by atoms with van der Waals surface area (Å²) in [5.74, 6) is 0.891. The maximum atomic E-state index is 5.41. The average Bonchev–Trinajstić information content (AvgIpc) is 2.27. The summed E-state index contributed by atoms with van der Waals surface area (Å²) in [6.45, 7) is 9.42. The minimum Gasteiger partial charge on any atom is -0.490 e. The summed E-state index contributed by atoms with van der Waals surface area (Å²) in [5.41, 5.74) is 1.28. The van der Waals surface area contributed by atoms with E-state index in [1.807, 2.05) is 12.1 Å². The van der Waals surface area contributed by atoms with Crippen LogP contribution in [-0.4, -0.2) is 13.2 Å². The third-order valence-corrected chi connectivity index (χ3v) is 2.26. The zero-order valence-electron chi connectivity index (χ0n) is 9.49. The Balaban J connectivity index is 2.58. The quantitative estimate of drug-likeness (QED) is 0.721. The van der Waals surface area contributed by atoms with Crippen LogP contribution in [0.5, 0.6) is 5.75 Å². The van der Waals surface area contributed by atoms with Crippen molar-refractivity contribution in [2.75, 3.05) is 13.2 Å². The molecule has 0 saturated heterocycles. The summed E-state index contributed by atoms with van der Waals surface area (Å²) in [7, 11) is 0. The lowest BCUT2D eigenvalue weighted by molar-refractivity contribution is 0.363. The van der Waals surface area contributed by atoms with Crippen LogP contribution in [0.25, 0.3) is 0 Å². The van der Waals surface area contributed by atoms with Gasteiger partial charge in [0.1, 0.15) is 12.4 Å². The van der Waals surface area contributed by atoms with Gasteiger partial charge in [0.15, 0.2) is 0 Å². The third-order valence-electron chi connectivity index (χ3n) is 2.26. The van der Waals surface area contributed by atoms with Crippen LogP contribution in [0.1, 0.15) is 25.5 Å². The minimum atomic E-state index is 0.392. The Labute approximate surface area is 92.0 Å². The lowest BCUT2D eigenvalue weighted by atomic mass is 10.1. The molecule has 2 heteroatoms. The number of ether oxygens (including phenoxy) is 1. The molecule has 0 saturated carbocycles. The van der Waals surface area contributed by atoms with E-state index in [0.717, 1.165) is 12.3 Å². The smallest absolute Gasteiger partial charge is 0.119 e. The summed E-state index contributed by atoms with van der Waals surface area (Å²) >= 11 is 0. The Morgan fingerprint density at radius 2 is 2.07 bits per heavy atom. The first-order valence-electron chi connectivity index (χ1n) is 5.35. The van der Waals surface area contributed by atoms with E-state index in [9.17, 15) is 0 Å². The Morgan fingerprint density at radius 1 is 1.40 bits per heavy atom. The standard InChI is InChI=1S/C13H19NO/c1-4-10-15-13-8-6-12(7-9-13)11(3)14-5-2/h4,6-9,11,14H,1,5,10H2,2-3H3. The minimum absolute atomic E-state index is 0.392. The van der Waals surface area contributed by atoms with E-state index in [0.29, 0.717) is 12.6 Å². The molecular weight excluding hydrogens is 186 g/mol. The van der Waals surface area contributed by atoms with Crippen molar-refractivity contribution >= 4 is 0 Å². The zero-order valence-corrected chi connectivity index (χ0v) is 9.49. The van der Waals surface area contributed by atoms with Crippen molar-refractivity contribution in [1.29, 1.82) is 0 Å². The molecule has 0 spiro atoms. The van der Waals surface area contributed by atoms with Crippen LogP contribution in [-0.2, 0) is 0 Å². The van der Waals surface area contributed by atoms with Gasteiger partial charge in [-0.1, -0.05) is 31.7 Å². The number of nitrogens with one attached hydrogen (secondary N) is 1. The van der Waals surface area contributed by atoms with Gasteiger partial charge in [-0.2, -0.15) is 0 Å². The first kappa shape index (κ1) is 11.8. The Bertz CT molecular complexity index is 292. The molecule has 1 atom stereocenters. The predicted molar refractivity (Wildman–Crippen MR) is 64.2 cm³/mol. The molecule has 0 amide bonds. The SMILES string of the molecule is C=CCOc1ccc(C(C)NCC)cc1. The topological polar surface area (TPSA) is 21.3 Å². The van der Waals surface area contributed by atoms with Gasteiger partial charge in [-0.25, -0.2) is 0 Å². The van der Waals surface area contributed by atoms with E-state index in [2.05, 4.69) is 37.9 Å². The number of rotatable bonds is 6. The van der Waals surface area contributed by atoms with E-state index >= 15 is 0 Å². The molecule has 1 aromatic carbocycles. The molecule has 0 bridgehead atoms. The van der Waals surface area contributed by atoms with Gasteiger partial charge < -0.3 is 10.1 Å². The average molecular weight is 205 g/mol. The van der Waals surface area contributed by atoms with Crippen LogP contribution in [0, 0.1) is 0 Å². The van der Waals surface area contributed by atoms with Crippen LogP contribution in [0.2, 0.25) is 0 Å². The second-order valence-corrected chi connectivity index (χ2v) is 3.45. The lowest BCUT2D eigenvalue weighted by Gasteiger charge is -2.13. The molecule has 82 valence electrons. The van der Waals surface area contributed by atoms with Gasteiger partial charge in [0.25, 0.3) is 0 Å². The Morgan fingerprint density at radius 3 is 2.60 bits per heavy atom. The molecule has 2 nitrogen and oxygen atoms in total. The maximum absolute atomic E-state index is 5.41. The second kappa shape index (κ2) is 6.25. The largest absolute Gasteiger partial charge is 0.490 e. The normalized spacial score (nSPS) is 12.1. The maximum Gasteiger partial charge on any atom is 0.119 e. The van der Waals surface area contributed by atoms with E-state index < -0.39 is 0 Å². The van der Waals surface area contributed by atoms with E-state index in [1.54, 1.807) is 6.08 Å². The van der Waals surface area contributed by atoms with Crippen LogP contribution >= 0.6 is 0 Å². The van der Waals surface area contributed by atoms with Crippen molar-refractivity contribution in [2.24, 2.45) is 0 Å². The Hall–Kier alpha value is -1.28. The van der Waals surface area contributed by atoms with Crippen molar-refractivity contribution in [3.8, 4) is 5.75 Å². The zero-order chi connectivity index (χ0) is 11.1. The van der Waals surface area contributed by atoms with Gasteiger partial charge >= 0.3 is 0 Å². The molecule has 1 N–H and O–H groups in total. The summed E-state index contributed by atoms with van der Waals surface area (Å²) in [6, 6.07) is 8.56. The fourth-order valence-electron chi connectivity index (χ4n) is 1.43. The molecule has 0 aliphatic carbocycles. The molecule has 0 aromatic heterocycles. The van der Waals surface area contributed by atoms with Crippen LogP contribution in [0.15, 0.2) is 36.9 Å². The van der Waals surface area contributed by atoms with Gasteiger partial charge in [-0.05, 0) is 31.2 Å². The number of hydrogen-bond acceptors (Lipinski definition) is 2. The van der Waals surface area contributed by atoms with E-state index in [4.69, 9.17) is 4.74 Å². The van der Waals surface area contributed by atoms with Crippen LogP contribution < -0.4 is 10.1 Å². The van der Waals surface area contributed by atoms with Crippen LogP contribution in [0.4, 0.5) is 0 Å². The molecule has 0 fully saturated rings. The predicted octanol–water partition coefficient (Wildman–Crippen LogP) is 2.92. The fraction of sp³-hybridized carbons (Fsp3) is 0.385. The second-order valence-electron chi connectivity index (χ2n) is 3.45. The Kier molecular flexibility index (Phi) is 4.91. The van der Waals surface area contributed by atoms with Gasteiger partial charge in [0.05, 0.1) is 0 Å². The molecule has 0 aliphatic rings. The van der Waals surface area contributed by atoms with Crippen molar-refractivity contribution in [1.82, 2.24) is 5.32 Å². The van der Waals surface area contributed by atoms with Crippen molar-refractivity contribution < 1.29 is 4.74 Å². The molecule has 1 unspecified atom stereocenters.